The average molecular weight is 346 g/mol. The Bertz CT molecular complexity index is 791. The van der Waals surface area contributed by atoms with Crippen molar-refractivity contribution >= 4 is 44.9 Å². The standard InChI is InChI=1S/C13H9Cl2NO4S/c14-9-6-7-10(12(15)11(9)13(17)18)21(19,20)16-8-4-2-1-3-5-8/h1-7,16H,(H,17,18). The number of carboxylic acids is 1. The molecule has 0 spiro atoms. The van der Waals surface area contributed by atoms with Crippen LogP contribution >= 0.6 is 23.2 Å². The van der Waals surface area contributed by atoms with E-state index in [-0.39, 0.29) is 9.92 Å². The van der Waals surface area contributed by atoms with Gasteiger partial charge in [0.1, 0.15) is 4.90 Å². The minimum Gasteiger partial charge on any atom is -0.478 e. The van der Waals surface area contributed by atoms with E-state index in [0.29, 0.717) is 5.69 Å². The van der Waals surface area contributed by atoms with Crippen LogP contribution in [0, 0.1) is 0 Å². The largest absolute Gasteiger partial charge is 0.478 e. The maximum absolute atomic E-state index is 12.3. The molecule has 21 heavy (non-hydrogen) atoms. The first kappa shape index (κ1) is 15.6. The molecule has 0 fully saturated rings. The van der Waals surface area contributed by atoms with E-state index < -0.39 is 26.6 Å². The summed E-state index contributed by atoms with van der Waals surface area (Å²) in [6, 6.07) is 10.5. The number of halogens is 2. The van der Waals surface area contributed by atoms with Crippen molar-refractivity contribution in [3.8, 4) is 0 Å². The Morgan fingerprint density at radius 3 is 2.24 bits per heavy atom. The van der Waals surface area contributed by atoms with Crippen LogP contribution < -0.4 is 4.72 Å². The van der Waals surface area contributed by atoms with Gasteiger partial charge in [-0.15, -0.1) is 0 Å². The van der Waals surface area contributed by atoms with E-state index in [9.17, 15) is 13.2 Å². The van der Waals surface area contributed by atoms with E-state index in [4.69, 9.17) is 28.3 Å². The second-order valence-electron chi connectivity index (χ2n) is 4.01. The number of nitrogens with one attached hydrogen (secondary N) is 1. The van der Waals surface area contributed by atoms with Gasteiger partial charge in [0.05, 0.1) is 15.6 Å². The van der Waals surface area contributed by atoms with Crippen LogP contribution in [0.1, 0.15) is 10.4 Å². The van der Waals surface area contributed by atoms with Crippen LogP contribution in [0.25, 0.3) is 0 Å². The maximum atomic E-state index is 12.3. The number of sulfonamides is 1. The highest BCUT2D eigenvalue weighted by Crippen LogP contribution is 2.32. The van der Waals surface area contributed by atoms with Gasteiger partial charge in [0.2, 0.25) is 0 Å². The number of hydrogen-bond donors (Lipinski definition) is 2. The zero-order chi connectivity index (χ0) is 15.6. The van der Waals surface area contributed by atoms with Gasteiger partial charge in [-0.05, 0) is 24.3 Å². The maximum Gasteiger partial charge on any atom is 0.338 e. The monoisotopic (exact) mass is 345 g/mol. The van der Waals surface area contributed by atoms with Gasteiger partial charge in [0.15, 0.2) is 0 Å². The first-order valence-electron chi connectivity index (χ1n) is 5.62. The van der Waals surface area contributed by atoms with Crippen molar-refractivity contribution < 1.29 is 18.3 Å². The molecule has 0 aliphatic rings. The Labute approximate surface area is 131 Å². The molecule has 2 aromatic rings. The van der Waals surface area contributed by atoms with Gasteiger partial charge in [-0.1, -0.05) is 41.4 Å². The van der Waals surface area contributed by atoms with Crippen molar-refractivity contribution in [1.82, 2.24) is 0 Å². The molecule has 8 heteroatoms. The summed E-state index contributed by atoms with van der Waals surface area (Å²) < 4.78 is 26.9. The molecule has 0 saturated carbocycles. The highest BCUT2D eigenvalue weighted by Gasteiger charge is 2.24. The van der Waals surface area contributed by atoms with Gasteiger partial charge in [0, 0.05) is 5.69 Å². The van der Waals surface area contributed by atoms with Crippen molar-refractivity contribution in [2.45, 2.75) is 4.90 Å². The molecule has 2 rings (SSSR count). The smallest absolute Gasteiger partial charge is 0.338 e. The fraction of sp³-hybridized carbons (Fsp3) is 0. The zero-order valence-corrected chi connectivity index (χ0v) is 12.7. The van der Waals surface area contributed by atoms with Crippen molar-refractivity contribution in [3.63, 3.8) is 0 Å². The summed E-state index contributed by atoms with van der Waals surface area (Å²) >= 11 is 11.6. The van der Waals surface area contributed by atoms with Crippen LogP contribution in [0.4, 0.5) is 5.69 Å². The number of carbonyl (C=O) groups is 1. The van der Waals surface area contributed by atoms with Gasteiger partial charge < -0.3 is 5.11 Å². The molecule has 5 nitrogen and oxygen atoms in total. The fourth-order valence-electron chi connectivity index (χ4n) is 1.65. The van der Waals surface area contributed by atoms with Crippen LogP contribution in [0.2, 0.25) is 10.0 Å². The van der Waals surface area contributed by atoms with E-state index in [2.05, 4.69) is 4.72 Å². The van der Waals surface area contributed by atoms with Crippen molar-refractivity contribution in [2.24, 2.45) is 0 Å². The number of anilines is 1. The molecule has 2 N–H and O–H groups in total. The van der Waals surface area contributed by atoms with Crippen LogP contribution in [0.15, 0.2) is 47.4 Å². The van der Waals surface area contributed by atoms with Gasteiger partial charge >= 0.3 is 5.97 Å². The average Bonchev–Trinajstić information content (AvgIpc) is 2.38. The third kappa shape index (κ3) is 3.29. The van der Waals surface area contributed by atoms with Crippen LogP contribution in [0.3, 0.4) is 0 Å². The highest BCUT2D eigenvalue weighted by molar-refractivity contribution is 7.92. The molecule has 0 bridgehead atoms. The molecule has 0 aromatic heterocycles. The number of carboxylic acid groups (broad SMARTS) is 1. The number of benzene rings is 2. The molecular weight excluding hydrogens is 337 g/mol. The van der Waals surface area contributed by atoms with Gasteiger partial charge in [0.25, 0.3) is 10.0 Å². The van der Waals surface area contributed by atoms with Crippen LogP contribution in [0.5, 0.6) is 0 Å². The predicted octanol–water partition coefficient (Wildman–Crippen LogP) is 3.49. The first-order valence-corrected chi connectivity index (χ1v) is 7.86. The van der Waals surface area contributed by atoms with Gasteiger partial charge in [-0.2, -0.15) is 0 Å². The van der Waals surface area contributed by atoms with Gasteiger partial charge in [-0.3, -0.25) is 4.72 Å². The summed E-state index contributed by atoms with van der Waals surface area (Å²) in [5.41, 5.74) is -0.116. The third-order valence-electron chi connectivity index (χ3n) is 2.59. The van der Waals surface area contributed by atoms with E-state index in [1.807, 2.05) is 0 Å². The number of para-hydroxylation sites is 1. The van der Waals surface area contributed by atoms with E-state index in [1.54, 1.807) is 30.3 Å². The summed E-state index contributed by atoms with van der Waals surface area (Å²) in [5, 5.41) is 8.48. The Kier molecular flexibility index (Phi) is 4.41. The molecule has 0 aliphatic heterocycles. The predicted molar refractivity (Wildman–Crippen MR) is 80.7 cm³/mol. The first-order chi connectivity index (χ1) is 9.83. The summed E-state index contributed by atoms with van der Waals surface area (Å²) in [7, 11) is -4.02. The number of rotatable bonds is 4. The van der Waals surface area contributed by atoms with Crippen molar-refractivity contribution in [3.05, 3.63) is 58.1 Å². The summed E-state index contributed by atoms with van der Waals surface area (Å²) in [4.78, 5) is 10.7. The SMILES string of the molecule is O=C(O)c1c(Cl)ccc(S(=O)(=O)Nc2ccccc2)c1Cl. The molecule has 110 valence electrons. The lowest BCUT2D eigenvalue weighted by atomic mass is 10.2. The summed E-state index contributed by atoms with van der Waals surface area (Å²) in [6.07, 6.45) is 0. The Morgan fingerprint density at radius 2 is 1.67 bits per heavy atom. The van der Waals surface area contributed by atoms with Crippen LogP contribution in [-0.4, -0.2) is 19.5 Å². The second kappa shape index (κ2) is 5.93. The summed E-state index contributed by atoms with van der Waals surface area (Å²) in [5.74, 6) is -1.40. The molecule has 0 aliphatic carbocycles. The van der Waals surface area contributed by atoms with E-state index >= 15 is 0 Å². The van der Waals surface area contributed by atoms with Gasteiger partial charge in [-0.25, -0.2) is 13.2 Å². The Balaban J connectivity index is 2.51. The molecule has 0 atom stereocenters. The number of hydrogen-bond acceptors (Lipinski definition) is 3. The second-order valence-corrected chi connectivity index (χ2v) is 6.45. The lowest BCUT2D eigenvalue weighted by molar-refractivity contribution is 0.0697. The number of aromatic carboxylic acids is 1. The topological polar surface area (TPSA) is 83.5 Å². The summed E-state index contributed by atoms with van der Waals surface area (Å²) in [6.45, 7) is 0. The third-order valence-corrected chi connectivity index (χ3v) is 4.83. The minimum atomic E-state index is -4.02. The zero-order valence-electron chi connectivity index (χ0n) is 10.4. The minimum absolute atomic E-state index is 0.133. The molecule has 0 heterocycles. The Morgan fingerprint density at radius 1 is 1.05 bits per heavy atom. The van der Waals surface area contributed by atoms with E-state index in [0.717, 1.165) is 6.07 Å². The van der Waals surface area contributed by atoms with Crippen molar-refractivity contribution in [2.75, 3.05) is 4.72 Å². The molecule has 0 radical (unpaired) electrons. The normalized spacial score (nSPS) is 11.1. The molecule has 0 saturated heterocycles. The van der Waals surface area contributed by atoms with E-state index in [1.165, 1.54) is 6.07 Å². The van der Waals surface area contributed by atoms with Crippen LogP contribution in [-0.2, 0) is 10.0 Å². The quantitative estimate of drug-likeness (QED) is 0.888. The lowest BCUT2D eigenvalue weighted by Crippen LogP contribution is -2.15. The molecule has 0 amide bonds. The van der Waals surface area contributed by atoms with Crippen molar-refractivity contribution in [1.29, 1.82) is 0 Å². The molecule has 0 unspecified atom stereocenters. The lowest BCUT2D eigenvalue weighted by Gasteiger charge is -2.11. The Hall–Kier alpha value is -1.76. The fourth-order valence-corrected chi connectivity index (χ4v) is 3.63. The molecular formula is C13H9Cl2NO4S. The molecule has 2 aromatic carbocycles. The highest BCUT2D eigenvalue weighted by atomic mass is 35.5.